The van der Waals surface area contributed by atoms with E-state index in [4.69, 9.17) is 23.2 Å². The maximum atomic E-state index is 13.2. The molecule has 0 amide bonds. The number of aryl methyl sites for hydroxylation is 2. The van der Waals surface area contributed by atoms with Crippen molar-refractivity contribution in [3.63, 3.8) is 0 Å². The second kappa shape index (κ2) is 9.30. The van der Waals surface area contributed by atoms with E-state index in [1.807, 2.05) is 6.92 Å². The molecule has 0 spiro atoms. The zero-order valence-electron chi connectivity index (χ0n) is 17.7. The minimum atomic E-state index is -4.08. The third-order valence-corrected chi connectivity index (χ3v) is 7.12. The summed E-state index contributed by atoms with van der Waals surface area (Å²) >= 11 is 12.2. The van der Waals surface area contributed by atoms with Crippen molar-refractivity contribution in [3.8, 4) is 0 Å². The number of carbonyl (C=O) groups is 1. The molecule has 174 valence electrons. The summed E-state index contributed by atoms with van der Waals surface area (Å²) < 4.78 is 53.6. The summed E-state index contributed by atoms with van der Waals surface area (Å²) in [6, 6.07) is 9.86. The number of aromatic nitrogens is 1. The van der Waals surface area contributed by atoms with Crippen LogP contribution in [-0.4, -0.2) is 33.9 Å². The lowest BCUT2D eigenvalue weighted by Crippen LogP contribution is -2.17. The maximum Gasteiger partial charge on any atom is 0.261 e. The van der Waals surface area contributed by atoms with Crippen LogP contribution in [0.3, 0.4) is 0 Å². The van der Waals surface area contributed by atoms with Gasteiger partial charge in [0, 0.05) is 17.4 Å². The van der Waals surface area contributed by atoms with E-state index in [9.17, 15) is 21.6 Å². The molecule has 33 heavy (non-hydrogen) atoms. The van der Waals surface area contributed by atoms with E-state index in [1.165, 1.54) is 42.6 Å². The Morgan fingerprint density at radius 1 is 0.909 bits per heavy atom. The lowest BCUT2D eigenvalue weighted by atomic mass is 10.1. The van der Waals surface area contributed by atoms with Gasteiger partial charge in [-0.05, 0) is 61.4 Å². The summed E-state index contributed by atoms with van der Waals surface area (Å²) in [4.78, 5) is 17.2. The van der Waals surface area contributed by atoms with Crippen molar-refractivity contribution >= 4 is 60.4 Å². The van der Waals surface area contributed by atoms with Gasteiger partial charge in [-0.2, -0.15) is 0 Å². The van der Waals surface area contributed by atoms with Crippen LogP contribution < -0.4 is 9.44 Å². The van der Waals surface area contributed by atoms with Crippen molar-refractivity contribution in [1.29, 1.82) is 0 Å². The molecule has 1 aromatic heterocycles. The van der Waals surface area contributed by atoms with Crippen LogP contribution in [0.5, 0.6) is 0 Å². The number of anilines is 2. The van der Waals surface area contributed by atoms with Crippen LogP contribution in [0.1, 0.15) is 27.2 Å². The molecule has 0 saturated carbocycles. The van der Waals surface area contributed by atoms with Crippen molar-refractivity contribution in [2.75, 3.05) is 15.7 Å². The monoisotopic (exact) mass is 527 g/mol. The topological polar surface area (TPSA) is 122 Å². The summed E-state index contributed by atoms with van der Waals surface area (Å²) in [5.41, 5.74) is 1.32. The highest BCUT2D eigenvalue weighted by atomic mass is 35.5. The smallest absolute Gasteiger partial charge is 0.261 e. The second-order valence-corrected chi connectivity index (χ2v) is 11.6. The summed E-state index contributed by atoms with van der Waals surface area (Å²) in [6.45, 7) is 3.64. The largest absolute Gasteiger partial charge is 0.287 e. The highest BCUT2D eigenvalue weighted by Gasteiger charge is 2.23. The Morgan fingerprint density at radius 3 is 2.24 bits per heavy atom. The molecule has 1 heterocycles. The first-order chi connectivity index (χ1) is 15.3. The summed E-state index contributed by atoms with van der Waals surface area (Å²) in [5.74, 6) is -0.730. The molecule has 12 heteroatoms. The van der Waals surface area contributed by atoms with Crippen LogP contribution in [0.25, 0.3) is 0 Å². The fraction of sp³-hybridized carbons (Fsp3) is 0.143. The van der Waals surface area contributed by atoms with Gasteiger partial charge in [0.25, 0.3) is 10.0 Å². The summed E-state index contributed by atoms with van der Waals surface area (Å²) in [6.07, 6.45) is 2.15. The molecule has 8 nitrogen and oxygen atoms in total. The predicted molar refractivity (Wildman–Crippen MR) is 129 cm³/mol. The fourth-order valence-electron chi connectivity index (χ4n) is 2.89. The molecule has 2 N–H and O–H groups in total. The van der Waals surface area contributed by atoms with E-state index in [0.29, 0.717) is 0 Å². The lowest BCUT2D eigenvalue weighted by Gasteiger charge is -2.14. The molecule has 0 aliphatic heterocycles. The Kier molecular flexibility index (Phi) is 7.04. The van der Waals surface area contributed by atoms with E-state index in [1.54, 1.807) is 13.0 Å². The van der Waals surface area contributed by atoms with Gasteiger partial charge in [-0.3, -0.25) is 14.2 Å². The lowest BCUT2D eigenvalue weighted by molar-refractivity contribution is 0.103. The van der Waals surface area contributed by atoms with Gasteiger partial charge in [0.05, 0.1) is 26.9 Å². The number of nitrogens with one attached hydrogen (secondary N) is 2. The van der Waals surface area contributed by atoms with Crippen LogP contribution in [0.4, 0.5) is 11.4 Å². The number of halogens is 2. The molecular formula is C21H19Cl2N3O5S2. The highest BCUT2D eigenvalue weighted by molar-refractivity contribution is 7.92. The molecule has 0 atom stereocenters. The van der Waals surface area contributed by atoms with E-state index in [0.717, 1.165) is 17.4 Å². The molecule has 2 aromatic carbocycles. The third kappa shape index (κ3) is 6.02. The van der Waals surface area contributed by atoms with Crippen molar-refractivity contribution < 1.29 is 21.6 Å². The Hall–Kier alpha value is -2.66. The summed E-state index contributed by atoms with van der Waals surface area (Å²) in [7, 11) is -7.68. The minimum Gasteiger partial charge on any atom is -0.287 e. The molecule has 3 aromatic rings. The molecule has 0 fully saturated rings. The van der Waals surface area contributed by atoms with Gasteiger partial charge in [0.1, 0.15) is 5.69 Å². The molecular weight excluding hydrogens is 509 g/mol. The molecule has 0 aliphatic carbocycles. The predicted octanol–water partition coefficient (Wildman–Crippen LogP) is 4.41. The van der Waals surface area contributed by atoms with Crippen molar-refractivity contribution in [2.45, 2.75) is 18.7 Å². The number of pyridine rings is 1. The van der Waals surface area contributed by atoms with Crippen LogP contribution in [-0.2, 0) is 20.0 Å². The number of hydrogen-bond donors (Lipinski definition) is 2. The van der Waals surface area contributed by atoms with E-state index in [2.05, 4.69) is 14.4 Å². The number of carbonyl (C=O) groups excluding carboxylic acids is 1. The van der Waals surface area contributed by atoms with Crippen LogP contribution in [0, 0.1) is 13.8 Å². The molecule has 0 saturated heterocycles. The van der Waals surface area contributed by atoms with Crippen molar-refractivity contribution in [3.05, 3.63) is 81.1 Å². The van der Waals surface area contributed by atoms with Crippen molar-refractivity contribution in [2.24, 2.45) is 0 Å². The average molecular weight is 528 g/mol. The number of ketones is 1. The number of hydrogen-bond acceptors (Lipinski definition) is 6. The number of nitrogens with zero attached hydrogens (tertiary/aromatic N) is 1. The quantitative estimate of drug-likeness (QED) is 0.438. The first-order valence-corrected chi connectivity index (χ1v) is 13.5. The molecule has 0 aliphatic rings. The Balaban J connectivity index is 2.05. The molecule has 0 bridgehead atoms. The summed E-state index contributed by atoms with van der Waals surface area (Å²) in [5, 5.41) is 0.127. The zero-order valence-corrected chi connectivity index (χ0v) is 20.8. The first kappa shape index (κ1) is 25.0. The SMILES string of the molecule is Cc1ccc(S(=O)(=O)Nc2cc(Cl)cnc2C(=O)c2cc(NS(C)(=O)=O)ccc2Cl)cc1C. The van der Waals surface area contributed by atoms with Gasteiger partial charge in [-0.25, -0.2) is 21.8 Å². The fourth-order valence-corrected chi connectivity index (χ4v) is 4.95. The normalized spacial score (nSPS) is 11.8. The van der Waals surface area contributed by atoms with E-state index >= 15 is 0 Å². The average Bonchev–Trinajstić information content (AvgIpc) is 2.69. The van der Waals surface area contributed by atoms with Crippen LogP contribution in [0.15, 0.2) is 53.6 Å². The second-order valence-electron chi connectivity index (χ2n) is 7.30. The van der Waals surface area contributed by atoms with Gasteiger partial charge >= 0.3 is 0 Å². The number of benzene rings is 2. The van der Waals surface area contributed by atoms with E-state index in [-0.39, 0.29) is 37.6 Å². The highest BCUT2D eigenvalue weighted by Crippen LogP contribution is 2.29. The first-order valence-electron chi connectivity index (χ1n) is 9.34. The zero-order chi connectivity index (χ0) is 24.6. The minimum absolute atomic E-state index is 0.00126. The van der Waals surface area contributed by atoms with Gasteiger partial charge in [-0.15, -0.1) is 0 Å². The van der Waals surface area contributed by atoms with Gasteiger partial charge in [-0.1, -0.05) is 29.3 Å². The molecule has 0 unspecified atom stereocenters. The molecule has 0 radical (unpaired) electrons. The van der Waals surface area contributed by atoms with Crippen molar-refractivity contribution in [1.82, 2.24) is 4.98 Å². The van der Waals surface area contributed by atoms with Crippen LogP contribution >= 0.6 is 23.2 Å². The van der Waals surface area contributed by atoms with Crippen LogP contribution in [0.2, 0.25) is 10.0 Å². The van der Waals surface area contributed by atoms with Gasteiger partial charge in [0.2, 0.25) is 15.8 Å². The Bertz CT molecular complexity index is 1470. The Morgan fingerprint density at radius 2 is 1.61 bits per heavy atom. The van der Waals surface area contributed by atoms with Gasteiger partial charge < -0.3 is 0 Å². The third-order valence-electron chi connectivity index (χ3n) is 4.62. The number of sulfonamides is 2. The molecule has 3 rings (SSSR count). The standard InChI is InChI=1S/C21H19Cl2N3O5S2/c1-12-4-6-16(8-13(12)2)33(30,31)26-19-9-14(22)11-24-20(19)21(27)17-10-15(5-7-18(17)23)25-32(3,28)29/h4-11,25-26H,1-3H3. The Labute approximate surface area is 202 Å². The number of rotatable bonds is 7. The van der Waals surface area contributed by atoms with Gasteiger partial charge in [0.15, 0.2) is 0 Å². The maximum absolute atomic E-state index is 13.2. The van der Waals surface area contributed by atoms with E-state index < -0.39 is 25.8 Å².